The van der Waals surface area contributed by atoms with Gasteiger partial charge in [-0.05, 0) is 0 Å². The minimum Gasteiger partial charge on any atom is -0.493 e. The van der Waals surface area contributed by atoms with E-state index in [1.54, 1.807) is 26.4 Å². The first kappa shape index (κ1) is 12.9. The fourth-order valence-electron chi connectivity index (χ4n) is 1.51. The topological polar surface area (TPSA) is 53.5 Å². The van der Waals surface area contributed by atoms with Crippen molar-refractivity contribution in [2.75, 3.05) is 27.4 Å². The van der Waals surface area contributed by atoms with Crippen LogP contribution in [0, 0.1) is 0 Å². The van der Waals surface area contributed by atoms with Crippen molar-refractivity contribution >= 4 is 22.6 Å². The number of hydrogen-bond donors (Lipinski definition) is 0. The van der Waals surface area contributed by atoms with Crippen LogP contribution in [0.1, 0.15) is 0 Å². The number of nitrogens with zero attached hydrogens (tertiary/aromatic N) is 2. The summed E-state index contributed by atoms with van der Waals surface area (Å²) in [5.74, 6) is 1.20. The van der Waals surface area contributed by atoms with E-state index < -0.39 is 0 Å². The number of halogens is 1. The summed E-state index contributed by atoms with van der Waals surface area (Å²) in [6, 6.07) is 3.52. The molecule has 0 fully saturated rings. The number of rotatable bonds is 5. The van der Waals surface area contributed by atoms with E-state index in [0.717, 1.165) is 0 Å². The third kappa shape index (κ3) is 2.80. The van der Waals surface area contributed by atoms with Gasteiger partial charge in [0, 0.05) is 19.2 Å². The van der Waals surface area contributed by atoms with Crippen LogP contribution in [-0.4, -0.2) is 37.4 Å². The van der Waals surface area contributed by atoms with Crippen molar-refractivity contribution in [3.8, 4) is 11.5 Å². The fraction of sp³-hybridized carbons (Fsp3) is 0.333. The maximum atomic E-state index is 5.81. The maximum Gasteiger partial charge on any atom is 0.163 e. The molecule has 2 rings (SSSR count). The van der Waals surface area contributed by atoms with Crippen LogP contribution in [0.3, 0.4) is 0 Å². The van der Waals surface area contributed by atoms with E-state index in [2.05, 4.69) is 9.97 Å². The second-order valence-electron chi connectivity index (χ2n) is 3.53. The van der Waals surface area contributed by atoms with Gasteiger partial charge >= 0.3 is 0 Å². The number of benzene rings is 1. The van der Waals surface area contributed by atoms with Crippen molar-refractivity contribution in [3.05, 3.63) is 23.5 Å². The Morgan fingerprint density at radius 3 is 2.61 bits per heavy atom. The molecule has 6 heteroatoms. The van der Waals surface area contributed by atoms with Gasteiger partial charge in [-0.3, -0.25) is 4.98 Å². The van der Waals surface area contributed by atoms with Crippen LogP contribution in [0.15, 0.2) is 18.3 Å². The zero-order chi connectivity index (χ0) is 13.0. The van der Waals surface area contributed by atoms with Crippen molar-refractivity contribution in [1.82, 2.24) is 9.97 Å². The molecule has 0 N–H and O–H groups in total. The summed E-state index contributed by atoms with van der Waals surface area (Å²) < 4.78 is 15.7. The van der Waals surface area contributed by atoms with Crippen molar-refractivity contribution in [2.24, 2.45) is 0 Å². The van der Waals surface area contributed by atoms with E-state index >= 15 is 0 Å². The van der Waals surface area contributed by atoms with E-state index in [-0.39, 0.29) is 0 Å². The van der Waals surface area contributed by atoms with Crippen molar-refractivity contribution < 1.29 is 14.2 Å². The summed E-state index contributed by atoms with van der Waals surface area (Å²) in [4.78, 5) is 8.35. The molecule has 0 aliphatic carbocycles. The summed E-state index contributed by atoms with van der Waals surface area (Å²) in [7, 11) is 3.19. The molecule has 1 heterocycles. The highest BCUT2D eigenvalue weighted by molar-refractivity contribution is 6.29. The predicted molar refractivity (Wildman–Crippen MR) is 68.5 cm³/mol. The lowest BCUT2D eigenvalue weighted by Gasteiger charge is -2.11. The average Bonchev–Trinajstić information content (AvgIpc) is 2.38. The Morgan fingerprint density at radius 2 is 1.89 bits per heavy atom. The van der Waals surface area contributed by atoms with Crippen LogP contribution >= 0.6 is 11.6 Å². The van der Waals surface area contributed by atoms with Gasteiger partial charge in [0.1, 0.15) is 11.8 Å². The minimum absolute atomic E-state index is 0.343. The molecule has 0 amide bonds. The molecule has 0 unspecified atom stereocenters. The molecular weight excluding hydrogens is 256 g/mol. The molecule has 2 aromatic rings. The molecule has 1 aromatic carbocycles. The highest BCUT2D eigenvalue weighted by atomic mass is 35.5. The van der Waals surface area contributed by atoms with Gasteiger partial charge in [0.05, 0.1) is 30.9 Å². The molecule has 0 saturated carbocycles. The van der Waals surface area contributed by atoms with Crippen molar-refractivity contribution in [3.63, 3.8) is 0 Å². The zero-order valence-corrected chi connectivity index (χ0v) is 10.9. The van der Waals surface area contributed by atoms with Gasteiger partial charge in [-0.2, -0.15) is 0 Å². The second-order valence-corrected chi connectivity index (χ2v) is 3.91. The zero-order valence-electron chi connectivity index (χ0n) is 10.1. The molecule has 0 radical (unpaired) electrons. The normalized spacial score (nSPS) is 10.6. The highest BCUT2D eigenvalue weighted by Crippen LogP contribution is 2.31. The smallest absolute Gasteiger partial charge is 0.163 e. The van der Waals surface area contributed by atoms with Gasteiger partial charge in [-0.1, -0.05) is 11.6 Å². The third-order valence-electron chi connectivity index (χ3n) is 2.34. The molecule has 0 saturated heterocycles. The molecule has 0 atom stereocenters. The average molecular weight is 269 g/mol. The lowest BCUT2D eigenvalue weighted by atomic mass is 10.2. The Morgan fingerprint density at radius 1 is 1.11 bits per heavy atom. The first-order valence-electron chi connectivity index (χ1n) is 5.36. The SMILES string of the molecule is COCCOc1cc2nc(Cl)cnc2cc1OC. The Bertz CT molecular complexity index is 548. The van der Waals surface area contributed by atoms with Crippen LogP contribution in [0.5, 0.6) is 11.5 Å². The van der Waals surface area contributed by atoms with Gasteiger partial charge in [0.2, 0.25) is 0 Å². The first-order valence-corrected chi connectivity index (χ1v) is 5.74. The largest absolute Gasteiger partial charge is 0.493 e. The van der Waals surface area contributed by atoms with Gasteiger partial charge in [0.15, 0.2) is 11.5 Å². The molecule has 0 spiro atoms. The fourth-order valence-corrected chi connectivity index (χ4v) is 1.65. The molecule has 0 aliphatic rings. The lowest BCUT2D eigenvalue weighted by Crippen LogP contribution is -2.05. The molecular formula is C12H13ClN2O3. The number of fused-ring (bicyclic) bond motifs is 1. The number of hydrogen-bond acceptors (Lipinski definition) is 5. The van der Waals surface area contributed by atoms with Gasteiger partial charge < -0.3 is 14.2 Å². The molecule has 96 valence electrons. The first-order chi connectivity index (χ1) is 8.74. The van der Waals surface area contributed by atoms with E-state index in [0.29, 0.717) is 40.9 Å². The van der Waals surface area contributed by atoms with Crippen LogP contribution in [0.25, 0.3) is 11.0 Å². The standard InChI is InChI=1S/C12H13ClN2O3/c1-16-3-4-18-11-6-9-8(5-10(11)17-2)14-7-12(13)15-9/h5-7H,3-4H2,1-2H3. The van der Waals surface area contributed by atoms with Crippen molar-refractivity contribution in [2.45, 2.75) is 0 Å². The van der Waals surface area contributed by atoms with Gasteiger partial charge in [-0.15, -0.1) is 0 Å². The van der Waals surface area contributed by atoms with Gasteiger partial charge in [0.25, 0.3) is 0 Å². The Balaban J connectivity index is 2.36. The third-order valence-corrected chi connectivity index (χ3v) is 2.53. The van der Waals surface area contributed by atoms with Crippen LogP contribution in [0.4, 0.5) is 0 Å². The lowest BCUT2D eigenvalue weighted by molar-refractivity contribution is 0.144. The Labute approximate surface area is 110 Å². The Hall–Kier alpha value is -1.59. The van der Waals surface area contributed by atoms with Gasteiger partial charge in [-0.25, -0.2) is 4.98 Å². The highest BCUT2D eigenvalue weighted by Gasteiger charge is 2.09. The summed E-state index contributed by atoms with van der Waals surface area (Å²) in [5, 5.41) is 0.343. The molecule has 5 nitrogen and oxygen atoms in total. The molecule has 0 aliphatic heterocycles. The predicted octanol–water partition coefficient (Wildman–Crippen LogP) is 2.32. The van der Waals surface area contributed by atoms with Crippen LogP contribution < -0.4 is 9.47 Å². The quantitative estimate of drug-likeness (QED) is 0.779. The second kappa shape index (κ2) is 5.84. The number of ether oxygens (including phenoxy) is 3. The van der Waals surface area contributed by atoms with E-state index in [1.165, 1.54) is 6.20 Å². The molecule has 0 bridgehead atoms. The Kier molecular flexibility index (Phi) is 4.17. The monoisotopic (exact) mass is 268 g/mol. The molecule has 18 heavy (non-hydrogen) atoms. The number of aromatic nitrogens is 2. The van der Waals surface area contributed by atoms with Crippen molar-refractivity contribution in [1.29, 1.82) is 0 Å². The summed E-state index contributed by atoms with van der Waals surface area (Å²) >= 11 is 5.81. The van der Waals surface area contributed by atoms with E-state index in [1.807, 2.05) is 0 Å². The van der Waals surface area contributed by atoms with Crippen LogP contribution in [-0.2, 0) is 4.74 Å². The van der Waals surface area contributed by atoms with E-state index in [9.17, 15) is 0 Å². The maximum absolute atomic E-state index is 5.81. The summed E-state index contributed by atoms with van der Waals surface area (Å²) in [6.07, 6.45) is 1.49. The van der Waals surface area contributed by atoms with Crippen LogP contribution in [0.2, 0.25) is 5.15 Å². The van der Waals surface area contributed by atoms with E-state index in [4.69, 9.17) is 25.8 Å². The summed E-state index contributed by atoms with van der Waals surface area (Å²) in [6.45, 7) is 0.939. The summed E-state index contributed by atoms with van der Waals surface area (Å²) in [5.41, 5.74) is 1.37. The molecule has 1 aromatic heterocycles. The number of methoxy groups -OCH3 is 2. The minimum atomic E-state index is 0.343.